The van der Waals surface area contributed by atoms with Gasteiger partial charge in [-0.3, -0.25) is 14.7 Å². The van der Waals surface area contributed by atoms with Crippen LogP contribution >= 0.6 is 24.0 Å². The normalized spacial score (nSPS) is 22.7. The SMILES string of the molecule is CCOC(=O)C1CCC(NC(=NC)NCc2ccc(CN3CCC(O)CC3)cc2)CC1.I. The van der Waals surface area contributed by atoms with E-state index in [1.807, 2.05) is 6.92 Å². The minimum atomic E-state index is -0.125. The van der Waals surface area contributed by atoms with Crippen molar-refractivity contribution in [2.24, 2.45) is 10.9 Å². The second-order valence-electron chi connectivity index (χ2n) is 8.69. The molecular weight excluding hydrogens is 519 g/mol. The quantitative estimate of drug-likeness (QED) is 0.207. The third-order valence-corrected chi connectivity index (χ3v) is 6.36. The first-order valence-electron chi connectivity index (χ1n) is 11.7. The molecule has 0 atom stereocenters. The number of benzene rings is 1. The van der Waals surface area contributed by atoms with Gasteiger partial charge in [-0.25, -0.2) is 0 Å². The molecule has 180 valence electrons. The first-order chi connectivity index (χ1) is 15.1. The molecule has 32 heavy (non-hydrogen) atoms. The number of carbonyl (C=O) groups excluding carboxylic acids is 1. The fourth-order valence-corrected chi connectivity index (χ4v) is 4.41. The molecule has 0 aromatic heterocycles. The Morgan fingerprint density at radius 2 is 1.72 bits per heavy atom. The highest BCUT2D eigenvalue weighted by Gasteiger charge is 2.27. The van der Waals surface area contributed by atoms with Gasteiger partial charge in [-0.15, -0.1) is 24.0 Å². The molecule has 3 rings (SSSR count). The lowest BCUT2D eigenvalue weighted by Crippen LogP contribution is -2.45. The molecule has 0 radical (unpaired) electrons. The number of esters is 1. The van der Waals surface area contributed by atoms with Crippen LogP contribution in [0.25, 0.3) is 0 Å². The number of likely N-dealkylation sites (tertiary alicyclic amines) is 1. The maximum absolute atomic E-state index is 11.9. The molecular formula is C24H39IN4O3. The van der Waals surface area contributed by atoms with E-state index < -0.39 is 0 Å². The zero-order chi connectivity index (χ0) is 22.1. The third kappa shape index (κ3) is 8.51. The number of piperidine rings is 1. The lowest BCUT2D eigenvalue weighted by molar-refractivity contribution is -0.149. The predicted octanol–water partition coefficient (Wildman–Crippen LogP) is 3.05. The Labute approximate surface area is 209 Å². The molecule has 0 spiro atoms. The van der Waals surface area contributed by atoms with Crippen molar-refractivity contribution in [1.29, 1.82) is 0 Å². The van der Waals surface area contributed by atoms with Gasteiger partial charge < -0.3 is 20.5 Å². The van der Waals surface area contributed by atoms with Crippen molar-refractivity contribution in [2.75, 3.05) is 26.7 Å². The van der Waals surface area contributed by atoms with Crippen LogP contribution in [-0.2, 0) is 22.6 Å². The maximum atomic E-state index is 11.9. The fourth-order valence-electron chi connectivity index (χ4n) is 4.41. The van der Waals surface area contributed by atoms with Crippen LogP contribution in [0.2, 0.25) is 0 Å². The van der Waals surface area contributed by atoms with E-state index in [2.05, 4.69) is 44.8 Å². The van der Waals surface area contributed by atoms with Crippen LogP contribution in [0.3, 0.4) is 0 Å². The minimum absolute atomic E-state index is 0. The molecule has 1 aromatic carbocycles. The Hall–Kier alpha value is -1.39. The van der Waals surface area contributed by atoms with Gasteiger partial charge >= 0.3 is 5.97 Å². The standard InChI is InChI=1S/C24H38N4O3.HI/c1-3-31-23(30)20-8-10-21(11-9-20)27-24(25-2)26-16-18-4-6-19(7-5-18)17-28-14-12-22(29)13-15-28;/h4-7,20-22,29H,3,8-17H2,1-2H3,(H2,25,26,27);1H. The van der Waals surface area contributed by atoms with Gasteiger partial charge in [0.1, 0.15) is 0 Å². The van der Waals surface area contributed by atoms with E-state index >= 15 is 0 Å². The molecule has 1 aromatic rings. The minimum Gasteiger partial charge on any atom is -0.466 e. The second-order valence-corrected chi connectivity index (χ2v) is 8.69. The number of aliphatic hydroxyl groups excluding tert-OH is 1. The van der Waals surface area contributed by atoms with Gasteiger partial charge in [0.05, 0.1) is 18.6 Å². The summed E-state index contributed by atoms with van der Waals surface area (Å²) in [7, 11) is 1.79. The van der Waals surface area contributed by atoms with E-state index in [1.54, 1.807) is 7.05 Å². The summed E-state index contributed by atoms with van der Waals surface area (Å²) in [5.74, 6) is 0.793. The van der Waals surface area contributed by atoms with E-state index in [9.17, 15) is 9.90 Å². The van der Waals surface area contributed by atoms with Crippen molar-refractivity contribution >= 4 is 35.9 Å². The van der Waals surface area contributed by atoms with Crippen LogP contribution in [0.5, 0.6) is 0 Å². The number of hydrogen-bond donors (Lipinski definition) is 3. The van der Waals surface area contributed by atoms with Crippen molar-refractivity contribution in [3.8, 4) is 0 Å². The highest BCUT2D eigenvalue weighted by atomic mass is 127. The first kappa shape index (κ1) is 26.9. The Bertz CT molecular complexity index is 712. The summed E-state index contributed by atoms with van der Waals surface area (Å²) < 4.78 is 5.15. The van der Waals surface area contributed by atoms with E-state index in [1.165, 1.54) is 11.1 Å². The number of nitrogens with one attached hydrogen (secondary N) is 2. The van der Waals surface area contributed by atoms with Crippen LogP contribution in [-0.4, -0.2) is 60.8 Å². The molecule has 1 saturated carbocycles. The number of guanidine groups is 1. The number of halogens is 1. The highest BCUT2D eigenvalue weighted by Crippen LogP contribution is 2.25. The molecule has 3 N–H and O–H groups in total. The van der Waals surface area contributed by atoms with Gasteiger partial charge in [-0.1, -0.05) is 24.3 Å². The van der Waals surface area contributed by atoms with E-state index in [0.717, 1.165) is 64.1 Å². The molecule has 2 fully saturated rings. The number of rotatable bonds is 7. The average molecular weight is 559 g/mol. The van der Waals surface area contributed by atoms with Crippen molar-refractivity contribution in [2.45, 2.75) is 70.7 Å². The van der Waals surface area contributed by atoms with Gasteiger partial charge in [0.25, 0.3) is 0 Å². The summed E-state index contributed by atoms with van der Waals surface area (Å²) in [6, 6.07) is 9.05. The zero-order valence-corrected chi connectivity index (χ0v) is 21.7. The summed E-state index contributed by atoms with van der Waals surface area (Å²) in [6.45, 7) is 5.90. The van der Waals surface area contributed by atoms with Crippen molar-refractivity contribution in [3.63, 3.8) is 0 Å². The van der Waals surface area contributed by atoms with Gasteiger partial charge in [0.15, 0.2) is 5.96 Å². The van der Waals surface area contributed by atoms with Gasteiger partial charge in [0.2, 0.25) is 0 Å². The van der Waals surface area contributed by atoms with Gasteiger partial charge in [-0.2, -0.15) is 0 Å². The van der Waals surface area contributed by atoms with Crippen molar-refractivity contribution in [1.82, 2.24) is 15.5 Å². The van der Waals surface area contributed by atoms with Crippen LogP contribution in [0, 0.1) is 5.92 Å². The number of nitrogens with zero attached hydrogens (tertiary/aromatic N) is 2. The van der Waals surface area contributed by atoms with Crippen molar-refractivity contribution < 1.29 is 14.6 Å². The number of ether oxygens (including phenoxy) is 1. The third-order valence-electron chi connectivity index (χ3n) is 6.36. The fraction of sp³-hybridized carbons (Fsp3) is 0.667. The predicted molar refractivity (Wildman–Crippen MR) is 138 cm³/mol. The number of carbonyl (C=O) groups is 1. The topological polar surface area (TPSA) is 86.2 Å². The smallest absolute Gasteiger partial charge is 0.308 e. The Kier molecular flexibility index (Phi) is 11.7. The van der Waals surface area contributed by atoms with Gasteiger partial charge in [-0.05, 0) is 56.6 Å². The molecule has 0 unspecified atom stereocenters. The molecule has 2 aliphatic rings. The van der Waals surface area contributed by atoms with Crippen LogP contribution in [0.1, 0.15) is 56.6 Å². The molecule has 0 amide bonds. The Morgan fingerprint density at radius 3 is 2.31 bits per heavy atom. The summed E-state index contributed by atoms with van der Waals surface area (Å²) >= 11 is 0. The van der Waals surface area contributed by atoms with E-state index in [4.69, 9.17) is 4.74 Å². The van der Waals surface area contributed by atoms with Crippen molar-refractivity contribution in [3.05, 3.63) is 35.4 Å². The zero-order valence-electron chi connectivity index (χ0n) is 19.4. The summed E-state index contributed by atoms with van der Waals surface area (Å²) in [6.07, 6.45) is 5.26. The van der Waals surface area contributed by atoms with Crippen LogP contribution < -0.4 is 10.6 Å². The summed E-state index contributed by atoms with van der Waals surface area (Å²) in [5, 5.41) is 16.5. The number of aliphatic hydroxyl groups is 1. The largest absolute Gasteiger partial charge is 0.466 e. The Morgan fingerprint density at radius 1 is 1.09 bits per heavy atom. The average Bonchev–Trinajstić information content (AvgIpc) is 2.79. The van der Waals surface area contributed by atoms with E-state index in [-0.39, 0.29) is 42.0 Å². The molecule has 0 bridgehead atoms. The van der Waals surface area contributed by atoms with Crippen LogP contribution in [0.4, 0.5) is 0 Å². The van der Waals surface area contributed by atoms with Crippen LogP contribution in [0.15, 0.2) is 29.3 Å². The number of hydrogen-bond acceptors (Lipinski definition) is 5. The molecule has 1 heterocycles. The molecule has 7 nitrogen and oxygen atoms in total. The van der Waals surface area contributed by atoms with E-state index in [0.29, 0.717) is 19.2 Å². The maximum Gasteiger partial charge on any atom is 0.308 e. The Balaban J connectivity index is 0.00000363. The molecule has 1 aliphatic heterocycles. The molecule has 8 heteroatoms. The first-order valence-corrected chi connectivity index (χ1v) is 11.7. The number of aliphatic imine (C=N–C) groups is 1. The lowest BCUT2D eigenvalue weighted by Gasteiger charge is -2.29. The molecule has 1 aliphatic carbocycles. The lowest BCUT2D eigenvalue weighted by atomic mass is 9.86. The van der Waals surface area contributed by atoms with Gasteiger partial charge in [0, 0.05) is 39.3 Å². The summed E-state index contributed by atoms with van der Waals surface area (Å²) in [5.41, 5.74) is 2.52. The summed E-state index contributed by atoms with van der Waals surface area (Å²) in [4.78, 5) is 18.7. The molecule has 1 saturated heterocycles. The highest BCUT2D eigenvalue weighted by molar-refractivity contribution is 14.0. The monoisotopic (exact) mass is 558 g/mol. The second kappa shape index (κ2) is 14.0.